The summed E-state index contributed by atoms with van der Waals surface area (Å²) in [4.78, 5) is 20.5. The van der Waals surface area contributed by atoms with Gasteiger partial charge in [0.2, 0.25) is 5.95 Å². The van der Waals surface area contributed by atoms with E-state index in [4.69, 9.17) is 15.5 Å². The second kappa shape index (κ2) is 8.51. The molecule has 4 aromatic rings. The Morgan fingerprint density at radius 1 is 1.08 bits per heavy atom. The number of pyridine rings is 1. The lowest BCUT2D eigenvalue weighted by atomic mass is 9.94. The van der Waals surface area contributed by atoms with Crippen molar-refractivity contribution in [3.8, 4) is 17.3 Å². The third-order valence-corrected chi connectivity index (χ3v) is 9.24. The Balaban J connectivity index is 1.42. The number of piperazine rings is 1. The smallest absolute Gasteiger partial charge is 0.226 e. The first-order valence-corrected chi connectivity index (χ1v) is 13.2. The molecule has 3 aliphatic heterocycles. The number of anilines is 2. The van der Waals surface area contributed by atoms with Gasteiger partial charge in [0, 0.05) is 60.8 Å². The fourth-order valence-electron chi connectivity index (χ4n) is 6.14. The van der Waals surface area contributed by atoms with Crippen LogP contribution in [-0.4, -0.2) is 77.1 Å². The summed E-state index contributed by atoms with van der Waals surface area (Å²) >= 11 is 0.957. The average Bonchev–Trinajstić information content (AvgIpc) is 3.65. The fourth-order valence-corrected chi connectivity index (χ4v) is 7.06. The van der Waals surface area contributed by atoms with Crippen molar-refractivity contribution >= 4 is 43.3 Å². The van der Waals surface area contributed by atoms with Gasteiger partial charge >= 0.3 is 0 Å². The Morgan fingerprint density at radius 3 is 2.50 bits per heavy atom. The Hall–Kier alpha value is -3.50. The molecular weight excluding hydrogens is 510 g/mol. The number of thiophene rings is 1. The molecule has 12 heteroatoms. The van der Waals surface area contributed by atoms with Crippen LogP contribution in [0.25, 0.3) is 32.2 Å². The van der Waals surface area contributed by atoms with Crippen molar-refractivity contribution in [1.82, 2.24) is 24.8 Å². The molecule has 0 amide bonds. The lowest BCUT2D eigenvalue weighted by molar-refractivity contribution is 0.0831. The minimum Gasteiger partial charge on any atom is -0.389 e. The largest absolute Gasteiger partial charge is 0.389 e. The predicted molar refractivity (Wildman–Crippen MR) is 141 cm³/mol. The van der Waals surface area contributed by atoms with Gasteiger partial charge in [0.1, 0.15) is 16.6 Å². The molecule has 0 aliphatic carbocycles. The van der Waals surface area contributed by atoms with Gasteiger partial charge in [-0.05, 0) is 25.2 Å². The molecule has 2 saturated heterocycles. The first-order valence-electron chi connectivity index (χ1n) is 12.4. The minimum absolute atomic E-state index is 0.0930. The fraction of sp³-hybridized carbons (Fsp3) is 0.385. The van der Waals surface area contributed by atoms with Crippen molar-refractivity contribution in [1.29, 1.82) is 5.26 Å². The number of nitrogen functional groups attached to an aromatic ring is 1. The summed E-state index contributed by atoms with van der Waals surface area (Å²) in [7, 11) is 4.27. The molecule has 7 rings (SSSR count). The van der Waals surface area contributed by atoms with Crippen molar-refractivity contribution in [2.24, 2.45) is 0 Å². The zero-order valence-corrected chi connectivity index (χ0v) is 21.6. The van der Waals surface area contributed by atoms with Gasteiger partial charge in [-0.3, -0.25) is 14.8 Å². The Morgan fingerprint density at radius 2 is 1.79 bits per heavy atom. The van der Waals surface area contributed by atoms with Crippen LogP contribution < -0.4 is 10.6 Å². The van der Waals surface area contributed by atoms with Crippen molar-refractivity contribution in [2.75, 3.05) is 50.9 Å². The Labute approximate surface area is 221 Å². The summed E-state index contributed by atoms with van der Waals surface area (Å²) < 4.78 is 37.1. The third kappa shape index (κ3) is 3.26. The van der Waals surface area contributed by atoms with E-state index in [0.717, 1.165) is 49.3 Å². The summed E-state index contributed by atoms with van der Waals surface area (Å²) in [5.74, 6) is -0.731. The number of nitrogens with zero attached hydrogens (tertiary/aromatic N) is 7. The zero-order chi connectivity index (χ0) is 26.3. The number of nitriles is 1. The maximum atomic E-state index is 16.5. The number of nitrogens with two attached hydrogens (primary N) is 1. The van der Waals surface area contributed by atoms with Gasteiger partial charge in [-0.15, -0.1) is 11.3 Å². The van der Waals surface area contributed by atoms with Crippen LogP contribution in [0.15, 0.2) is 12.4 Å². The van der Waals surface area contributed by atoms with E-state index in [1.165, 1.54) is 0 Å². The number of fused-ring (bicyclic) bond motifs is 5. The number of hydrogen-bond donors (Lipinski definition) is 1. The molecule has 38 heavy (non-hydrogen) atoms. The molecule has 0 unspecified atom stereocenters. The molecule has 0 saturated carbocycles. The standard InChI is InChI=1S/C26H24F2N8OS/c1-34-3-4-35(2)18-9-36(8-17(18)34)26-32-6-13-14-10-37-11-15(14)19(21(28)22(13)33-26)23-20-12(5-29)25(30)38-24(20)16(27)7-31-23/h6-7,17-18H,3-4,8-11,30H2,1-2H3/t17-,18+. The maximum Gasteiger partial charge on any atom is 0.226 e. The second-order valence-corrected chi connectivity index (χ2v) is 11.2. The van der Waals surface area contributed by atoms with Crippen LogP contribution in [0, 0.1) is 23.0 Å². The van der Waals surface area contributed by atoms with E-state index in [0.29, 0.717) is 29.0 Å². The summed E-state index contributed by atoms with van der Waals surface area (Å²) in [5, 5.41) is 10.7. The molecular formula is C26H24F2N8OS. The first kappa shape index (κ1) is 23.6. The van der Waals surface area contributed by atoms with Crippen LogP contribution in [0.1, 0.15) is 16.7 Å². The topological polar surface area (TPSA) is 107 Å². The average molecular weight is 535 g/mol. The van der Waals surface area contributed by atoms with Gasteiger partial charge in [-0.2, -0.15) is 5.26 Å². The normalized spacial score (nSPS) is 21.8. The summed E-state index contributed by atoms with van der Waals surface area (Å²) in [6, 6.07) is 2.72. The minimum atomic E-state index is -0.605. The number of hydrogen-bond acceptors (Lipinski definition) is 10. The molecule has 9 nitrogen and oxygen atoms in total. The van der Waals surface area contributed by atoms with Gasteiger partial charge in [-0.1, -0.05) is 0 Å². The highest BCUT2D eigenvalue weighted by Crippen LogP contribution is 2.45. The molecule has 2 fully saturated rings. The molecule has 1 aromatic carbocycles. The van der Waals surface area contributed by atoms with Gasteiger partial charge in [0.15, 0.2) is 11.6 Å². The molecule has 194 valence electrons. The summed E-state index contributed by atoms with van der Waals surface area (Å²) in [6.45, 7) is 3.91. The summed E-state index contributed by atoms with van der Waals surface area (Å²) in [6.07, 6.45) is 2.72. The van der Waals surface area contributed by atoms with E-state index in [2.05, 4.69) is 38.8 Å². The number of likely N-dealkylation sites (N-methyl/N-ethyl adjacent to an activating group) is 2. The van der Waals surface area contributed by atoms with Crippen molar-refractivity contribution in [2.45, 2.75) is 25.3 Å². The van der Waals surface area contributed by atoms with Crippen LogP contribution >= 0.6 is 11.3 Å². The van der Waals surface area contributed by atoms with E-state index >= 15 is 4.39 Å². The number of ether oxygens (including phenoxy) is 1. The molecule has 0 bridgehead atoms. The monoisotopic (exact) mass is 534 g/mol. The van der Waals surface area contributed by atoms with Gasteiger partial charge in [0.05, 0.1) is 35.4 Å². The molecule has 2 atom stereocenters. The Kier molecular flexibility index (Phi) is 5.28. The lowest BCUT2D eigenvalue weighted by Gasteiger charge is -2.40. The molecule has 6 heterocycles. The number of halogens is 2. The van der Waals surface area contributed by atoms with Gasteiger partial charge < -0.3 is 15.4 Å². The first-order chi connectivity index (χ1) is 18.4. The summed E-state index contributed by atoms with van der Waals surface area (Å²) in [5.41, 5.74) is 8.00. The molecule has 0 spiro atoms. The van der Waals surface area contributed by atoms with Gasteiger partial charge in [0.25, 0.3) is 0 Å². The number of aromatic nitrogens is 3. The van der Waals surface area contributed by atoms with Crippen molar-refractivity contribution in [3.05, 3.63) is 40.7 Å². The van der Waals surface area contributed by atoms with Crippen LogP contribution in [0.2, 0.25) is 0 Å². The highest BCUT2D eigenvalue weighted by molar-refractivity contribution is 7.23. The van der Waals surface area contributed by atoms with Crippen LogP contribution in [0.3, 0.4) is 0 Å². The van der Waals surface area contributed by atoms with Crippen molar-refractivity contribution < 1.29 is 13.5 Å². The zero-order valence-electron chi connectivity index (χ0n) is 20.8. The Bertz CT molecular complexity index is 1670. The second-order valence-electron chi connectivity index (χ2n) is 10.2. The van der Waals surface area contributed by atoms with Gasteiger partial charge in [-0.25, -0.2) is 18.7 Å². The lowest BCUT2D eigenvalue weighted by Crippen LogP contribution is -2.56. The molecule has 0 radical (unpaired) electrons. The molecule has 3 aromatic heterocycles. The third-order valence-electron chi connectivity index (χ3n) is 8.21. The maximum absolute atomic E-state index is 16.5. The highest BCUT2D eigenvalue weighted by atomic mass is 32.1. The quantitative estimate of drug-likeness (QED) is 0.415. The number of rotatable bonds is 2. The van der Waals surface area contributed by atoms with E-state index < -0.39 is 11.6 Å². The van der Waals surface area contributed by atoms with Crippen LogP contribution in [-0.2, 0) is 18.0 Å². The van der Waals surface area contributed by atoms with E-state index in [1.807, 2.05) is 6.07 Å². The molecule has 2 N–H and O–H groups in total. The van der Waals surface area contributed by atoms with Crippen molar-refractivity contribution in [3.63, 3.8) is 0 Å². The molecule has 3 aliphatic rings. The predicted octanol–water partition coefficient (Wildman–Crippen LogP) is 3.10. The van der Waals surface area contributed by atoms with E-state index in [-0.39, 0.29) is 50.6 Å². The van der Waals surface area contributed by atoms with E-state index in [9.17, 15) is 9.65 Å². The van der Waals surface area contributed by atoms with E-state index in [1.54, 1.807) is 6.20 Å². The number of benzene rings is 1. The SMILES string of the molecule is CN1CCN(C)[C@H]2CN(c3ncc4c5c(c(-c6ncc(F)c7sc(N)c(C#N)c67)c(F)c4n3)COC5)C[C@H]21. The van der Waals surface area contributed by atoms with Crippen LogP contribution in [0.4, 0.5) is 19.7 Å². The highest BCUT2D eigenvalue weighted by Gasteiger charge is 2.41. The van der Waals surface area contributed by atoms with Crippen LogP contribution in [0.5, 0.6) is 0 Å².